The fourth-order valence-corrected chi connectivity index (χ4v) is 3.05. The minimum atomic E-state index is -3.80. The summed E-state index contributed by atoms with van der Waals surface area (Å²) in [6.45, 7) is 4.03. The molecule has 0 aromatic heterocycles. The predicted molar refractivity (Wildman–Crippen MR) is 74.2 cm³/mol. The zero-order valence-electron chi connectivity index (χ0n) is 10.0. The molecule has 0 radical (unpaired) electrons. The van der Waals surface area contributed by atoms with Crippen molar-refractivity contribution in [3.05, 3.63) is 29.0 Å². The van der Waals surface area contributed by atoms with Gasteiger partial charge in [0.05, 0.1) is 5.02 Å². The number of sulfonamides is 1. The quantitative estimate of drug-likeness (QED) is 0.822. The van der Waals surface area contributed by atoms with E-state index in [4.69, 9.17) is 11.6 Å². The Morgan fingerprint density at radius 3 is 2.61 bits per heavy atom. The number of hydrogen-bond acceptors (Lipinski definition) is 2. The molecule has 3 nitrogen and oxygen atoms in total. The molecule has 0 amide bonds. The molecule has 102 valence electrons. The van der Waals surface area contributed by atoms with Gasteiger partial charge in [0.2, 0.25) is 10.0 Å². The highest BCUT2D eigenvalue weighted by atomic mass is 79.9. The van der Waals surface area contributed by atoms with Crippen LogP contribution in [0, 0.1) is 11.2 Å². The maximum absolute atomic E-state index is 13.1. The first kappa shape index (κ1) is 15.9. The van der Waals surface area contributed by atoms with Crippen LogP contribution in [0.1, 0.15) is 13.8 Å². The summed E-state index contributed by atoms with van der Waals surface area (Å²) in [5.41, 5.74) is -0.243. The SMILES string of the molecule is CC(C)(CBr)CNS(=O)(=O)c1cc(F)ccc1Cl. The highest BCUT2D eigenvalue weighted by Gasteiger charge is 2.23. The van der Waals surface area contributed by atoms with E-state index in [2.05, 4.69) is 20.7 Å². The highest BCUT2D eigenvalue weighted by Crippen LogP contribution is 2.23. The fourth-order valence-electron chi connectivity index (χ4n) is 1.10. The predicted octanol–water partition coefficient (Wildman–Crippen LogP) is 3.18. The van der Waals surface area contributed by atoms with Crippen molar-refractivity contribution in [2.24, 2.45) is 5.41 Å². The molecule has 0 saturated carbocycles. The van der Waals surface area contributed by atoms with E-state index in [0.717, 1.165) is 12.1 Å². The highest BCUT2D eigenvalue weighted by molar-refractivity contribution is 9.09. The lowest BCUT2D eigenvalue weighted by molar-refractivity contribution is 0.420. The van der Waals surface area contributed by atoms with Gasteiger partial charge in [0, 0.05) is 11.9 Å². The van der Waals surface area contributed by atoms with Crippen molar-refractivity contribution in [3.63, 3.8) is 0 Å². The average molecular weight is 359 g/mol. The molecule has 18 heavy (non-hydrogen) atoms. The molecule has 0 heterocycles. The molecule has 1 rings (SSSR count). The number of rotatable bonds is 5. The van der Waals surface area contributed by atoms with Crippen molar-refractivity contribution in [1.29, 1.82) is 0 Å². The molecule has 0 spiro atoms. The third-order valence-corrected chi connectivity index (χ3v) is 5.69. The lowest BCUT2D eigenvalue weighted by Gasteiger charge is -2.22. The molecule has 0 unspecified atom stereocenters. The van der Waals surface area contributed by atoms with Crippen LogP contribution in [0.25, 0.3) is 0 Å². The fraction of sp³-hybridized carbons (Fsp3) is 0.455. The molecule has 1 N–H and O–H groups in total. The van der Waals surface area contributed by atoms with Gasteiger partial charge in [0.1, 0.15) is 10.7 Å². The van der Waals surface area contributed by atoms with Crippen molar-refractivity contribution in [1.82, 2.24) is 4.72 Å². The molecule has 0 aliphatic heterocycles. The van der Waals surface area contributed by atoms with E-state index in [-0.39, 0.29) is 21.9 Å². The van der Waals surface area contributed by atoms with Gasteiger partial charge in [-0.1, -0.05) is 41.4 Å². The van der Waals surface area contributed by atoms with Crippen molar-refractivity contribution < 1.29 is 12.8 Å². The summed E-state index contributed by atoms with van der Waals surface area (Å²) in [6, 6.07) is 3.25. The molecule has 0 atom stereocenters. The van der Waals surface area contributed by atoms with E-state index in [0.29, 0.717) is 5.33 Å². The second kappa shape index (κ2) is 5.86. The van der Waals surface area contributed by atoms with E-state index < -0.39 is 15.8 Å². The topological polar surface area (TPSA) is 46.2 Å². The summed E-state index contributed by atoms with van der Waals surface area (Å²) in [5, 5.41) is 0.639. The smallest absolute Gasteiger partial charge is 0.211 e. The monoisotopic (exact) mass is 357 g/mol. The van der Waals surface area contributed by atoms with E-state index in [9.17, 15) is 12.8 Å². The summed E-state index contributed by atoms with van der Waals surface area (Å²) in [4.78, 5) is -0.241. The Kier molecular flexibility index (Phi) is 5.17. The molecule has 7 heteroatoms. The Bertz CT molecular complexity index is 534. The van der Waals surface area contributed by atoms with Crippen LogP contribution in [-0.4, -0.2) is 20.3 Å². The van der Waals surface area contributed by atoms with E-state index in [1.807, 2.05) is 13.8 Å². The van der Waals surface area contributed by atoms with E-state index in [1.165, 1.54) is 6.07 Å². The van der Waals surface area contributed by atoms with E-state index >= 15 is 0 Å². The molecule has 0 bridgehead atoms. The van der Waals surface area contributed by atoms with E-state index in [1.54, 1.807) is 0 Å². The van der Waals surface area contributed by atoms with Crippen molar-refractivity contribution in [2.45, 2.75) is 18.7 Å². The normalized spacial score (nSPS) is 12.7. The van der Waals surface area contributed by atoms with Gasteiger partial charge in [0.15, 0.2) is 0 Å². The molecule has 0 saturated heterocycles. The Hall–Kier alpha value is -0.170. The van der Waals surface area contributed by atoms with Crippen molar-refractivity contribution in [3.8, 4) is 0 Å². The summed E-state index contributed by atoms with van der Waals surface area (Å²) < 4.78 is 39.5. The number of nitrogens with one attached hydrogen (secondary N) is 1. The van der Waals surface area contributed by atoms with Gasteiger partial charge in [0.25, 0.3) is 0 Å². The van der Waals surface area contributed by atoms with Crippen LogP contribution in [0.3, 0.4) is 0 Å². The number of hydrogen-bond donors (Lipinski definition) is 1. The molecule has 0 fully saturated rings. The number of halogens is 3. The zero-order chi connectivity index (χ0) is 14.0. The van der Waals surface area contributed by atoms with Crippen LogP contribution in [0.4, 0.5) is 4.39 Å². The van der Waals surface area contributed by atoms with Crippen LogP contribution in [0.5, 0.6) is 0 Å². The number of alkyl halides is 1. The van der Waals surface area contributed by atoms with Crippen LogP contribution in [-0.2, 0) is 10.0 Å². The molecule has 0 aliphatic rings. The second-order valence-electron chi connectivity index (χ2n) is 4.70. The minimum absolute atomic E-state index is 0.000508. The number of benzene rings is 1. The first-order valence-electron chi connectivity index (χ1n) is 5.19. The molecule has 1 aromatic carbocycles. The van der Waals surface area contributed by atoms with Gasteiger partial charge in [-0.3, -0.25) is 0 Å². The third kappa shape index (κ3) is 4.19. The van der Waals surface area contributed by atoms with Crippen molar-refractivity contribution >= 4 is 37.6 Å². The Morgan fingerprint density at radius 1 is 1.44 bits per heavy atom. The first-order valence-corrected chi connectivity index (χ1v) is 8.17. The average Bonchev–Trinajstić information content (AvgIpc) is 2.30. The van der Waals surface area contributed by atoms with Gasteiger partial charge in [-0.05, 0) is 23.6 Å². The lowest BCUT2D eigenvalue weighted by Crippen LogP contribution is -2.35. The van der Waals surface area contributed by atoms with Crippen LogP contribution >= 0.6 is 27.5 Å². The Balaban J connectivity index is 2.97. The summed E-state index contributed by atoms with van der Waals surface area (Å²) >= 11 is 9.07. The Morgan fingerprint density at radius 2 is 2.06 bits per heavy atom. The largest absolute Gasteiger partial charge is 0.242 e. The van der Waals surface area contributed by atoms with Gasteiger partial charge in [-0.25, -0.2) is 17.5 Å². The van der Waals surface area contributed by atoms with Crippen LogP contribution in [0.15, 0.2) is 23.1 Å². The molecule has 1 aromatic rings. The third-order valence-electron chi connectivity index (χ3n) is 2.29. The Labute approximate surface area is 120 Å². The first-order chi connectivity index (χ1) is 8.18. The molecular formula is C11H14BrClFNO2S. The van der Waals surface area contributed by atoms with Crippen LogP contribution in [0.2, 0.25) is 5.02 Å². The summed E-state index contributed by atoms with van der Waals surface area (Å²) in [7, 11) is -3.80. The van der Waals surface area contributed by atoms with Gasteiger partial charge in [-0.2, -0.15) is 0 Å². The maximum atomic E-state index is 13.1. The van der Waals surface area contributed by atoms with Gasteiger partial charge in [-0.15, -0.1) is 0 Å². The molecule has 0 aliphatic carbocycles. The summed E-state index contributed by atoms with van der Waals surface area (Å²) in [6.07, 6.45) is 0. The van der Waals surface area contributed by atoms with Gasteiger partial charge >= 0.3 is 0 Å². The maximum Gasteiger partial charge on any atom is 0.242 e. The second-order valence-corrected chi connectivity index (χ2v) is 7.40. The molecular weight excluding hydrogens is 345 g/mol. The van der Waals surface area contributed by atoms with Gasteiger partial charge < -0.3 is 0 Å². The standard InChI is InChI=1S/C11H14BrClFNO2S/c1-11(2,6-12)7-15-18(16,17)10-5-8(14)3-4-9(10)13/h3-5,15H,6-7H2,1-2H3. The lowest BCUT2D eigenvalue weighted by atomic mass is 9.98. The summed E-state index contributed by atoms with van der Waals surface area (Å²) in [5.74, 6) is -0.639. The van der Waals surface area contributed by atoms with Crippen molar-refractivity contribution in [2.75, 3.05) is 11.9 Å². The zero-order valence-corrected chi connectivity index (χ0v) is 13.2. The van der Waals surface area contributed by atoms with Crippen LogP contribution < -0.4 is 4.72 Å². The minimum Gasteiger partial charge on any atom is -0.211 e.